The monoisotopic (exact) mass is 616 g/mol. The Bertz CT molecular complexity index is 1210. The normalized spacial score (nSPS) is 53.3. The summed E-state index contributed by atoms with van der Waals surface area (Å²) >= 11 is 0. The maximum Gasteiger partial charge on any atom is 0.317 e. The summed E-state index contributed by atoms with van der Waals surface area (Å²) in [5, 5.41) is 42.4. The van der Waals surface area contributed by atoms with Gasteiger partial charge in [-0.2, -0.15) is 0 Å². The lowest BCUT2D eigenvalue weighted by Crippen LogP contribution is -2.62. The molecule has 1 saturated heterocycles. The third kappa shape index (κ3) is 4.26. The zero-order chi connectivity index (χ0) is 32.2. The lowest BCUT2D eigenvalue weighted by atomic mass is 9.41. The van der Waals surface area contributed by atoms with Gasteiger partial charge in [0.25, 0.3) is 0 Å². The van der Waals surface area contributed by atoms with E-state index in [1.807, 2.05) is 20.8 Å². The third-order valence-corrected chi connectivity index (χ3v) is 14.9. The molecule has 1 aliphatic heterocycles. The molecule has 4 N–H and O–H groups in total. The van der Waals surface area contributed by atoms with E-state index in [4.69, 9.17) is 9.47 Å². The Kier molecular flexibility index (Phi) is 7.85. The van der Waals surface area contributed by atoms with E-state index in [9.17, 15) is 30.0 Å². The van der Waals surface area contributed by atoms with Crippen LogP contribution in [0.2, 0.25) is 0 Å². The van der Waals surface area contributed by atoms with Crippen LogP contribution < -0.4 is 0 Å². The molecular formula is C36H56O8. The van der Waals surface area contributed by atoms with Crippen LogP contribution in [-0.4, -0.2) is 69.0 Å². The second-order valence-electron chi connectivity index (χ2n) is 16.9. The van der Waals surface area contributed by atoms with Crippen molar-refractivity contribution in [2.75, 3.05) is 0 Å². The molecule has 5 aliphatic carbocycles. The van der Waals surface area contributed by atoms with Crippen molar-refractivity contribution >= 4 is 11.8 Å². The number of carbonyl (C=O) groups is 2. The second kappa shape index (κ2) is 10.6. The van der Waals surface area contributed by atoms with E-state index in [-0.39, 0.29) is 33.4 Å². The number of ether oxygens (including phenoxy) is 2. The van der Waals surface area contributed by atoms with E-state index >= 15 is 0 Å². The Labute approximate surface area is 263 Å². The molecule has 8 nitrogen and oxygen atoms in total. The van der Waals surface area contributed by atoms with Gasteiger partial charge >= 0.3 is 5.97 Å². The fourth-order valence-electron chi connectivity index (χ4n) is 12.5. The molecule has 8 heteroatoms. The van der Waals surface area contributed by atoms with Gasteiger partial charge in [0.2, 0.25) is 6.29 Å². The van der Waals surface area contributed by atoms with Gasteiger partial charge in [-0.25, -0.2) is 0 Å². The Morgan fingerprint density at radius 2 is 1.52 bits per heavy atom. The summed E-state index contributed by atoms with van der Waals surface area (Å²) < 4.78 is 11.4. The maximum atomic E-state index is 14.0. The van der Waals surface area contributed by atoms with Crippen molar-refractivity contribution < 1.29 is 39.5 Å². The standard InChI is InChI=1S/C36H56O8/c1-19(2)16-22(37)17-20(3)23-10-12-33(6)24-8-9-25-34(7,31(42)44-30-29(41)28(40)27(39)21(4)43-30)26(38)11-13-35(25)18-36(24,35)15-14-32(23,33)5/h16,20-21,23-30,38-41H,8-15,17-18H2,1-7H3. The smallest absolute Gasteiger partial charge is 0.317 e. The number of esters is 1. The number of fused-ring (bicyclic) bond motifs is 2. The van der Waals surface area contributed by atoms with Gasteiger partial charge in [-0.15, -0.1) is 0 Å². The van der Waals surface area contributed by atoms with Crippen molar-refractivity contribution in [1.29, 1.82) is 0 Å². The Morgan fingerprint density at radius 1 is 0.864 bits per heavy atom. The van der Waals surface area contributed by atoms with Crippen molar-refractivity contribution in [3.63, 3.8) is 0 Å². The van der Waals surface area contributed by atoms with Crippen molar-refractivity contribution in [2.24, 2.45) is 50.7 Å². The Hall–Kier alpha value is -1.32. The number of ketones is 1. The molecule has 15 atom stereocenters. The van der Waals surface area contributed by atoms with Gasteiger partial charge in [-0.1, -0.05) is 26.3 Å². The molecule has 2 spiro atoms. The molecule has 5 saturated carbocycles. The Balaban J connectivity index is 1.24. The molecule has 15 unspecified atom stereocenters. The molecule has 0 aromatic carbocycles. The van der Waals surface area contributed by atoms with Gasteiger partial charge in [0.05, 0.1) is 17.6 Å². The van der Waals surface area contributed by atoms with Crippen molar-refractivity contribution in [3.05, 3.63) is 11.6 Å². The molecular weight excluding hydrogens is 560 g/mol. The molecule has 6 fully saturated rings. The molecule has 0 aromatic rings. The molecule has 248 valence electrons. The van der Waals surface area contributed by atoms with Crippen LogP contribution in [0.15, 0.2) is 11.6 Å². The molecule has 0 aromatic heterocycles. The SMILES string of the molecule is CC(C)=CC(=O)CC(C)C1CCC2(C)C3CCC4C(C)(C(=O)OC5OC(C)C(O)C(O)C5O)C(O)CCC45CC35CCC12C. The molecule has 44 heavy (non-hydrogen) atoms. The van der Waals surface area contributed by atoms with Crippen LogP contribution in [0.4, 0.5) is 0 Å². The average molecular weight is 617 g/mol. The summed E-state index contributed by atoms with van der Waals surface area (Å²) in [6.45, 7) is 14.7. The first kappa shape index (κ1) is 32.6. The zero-order valence-corrected chi connectivity index (χ0v) is 27.8. The van der Waals surface area contributed by atoms with Crippen molar-refractivity contribution in [2.45, 2.75) is 149 Å². The van der Waals surface area contributed by atoms with Gasteiger partial charge in [-0.3, -0.25) is 9.59 Å². The quantitative estimate of drug-likeness (QED) is 0.249. The maximum absolute atomic E-state index is 14.0. The van der Waals surface area contributed by atoms with E-state index in [1.54, 1.807) is 13.0 Å². The minimum atomic E-state index is -1.57. The first-order chi connectivity index (χ1) is 20.5. The number of hydrogen-bond donors (Lipinski definition) is 4. The predicted octanol–water partition coefficient (Wildman–Crippen LogP) is 4.70. The first-order valence-corrected chi connectivity index (χ1v) is 17.2. The topological polar surface area (TPSA) is 134 Å². The van der Waals surface area contributed by atoms with Crippen molar-refractivity contribution in [3.8, 4) is 0 Å². The summed E-state index contributed by atoms with van der Waals surface area (Å²) in [6, 6.07) is 0. The third-order valence-electron chi connectivity index (χ3n) is 14.9. The summed E-state index contributed by atoms with van der Waals surface area (Å²) in [5.41, 5.74) is 0.361. The number of allylic oxidation sites excluding steroid dienone is 2. The van der Waals surface area contributed by atoms with E-state index in [2.05, 4.69) is 20.8 Å². The minimum Gasteiger partial charge on any atom is -0.432 e. The number of hydrogen-bond acceptors (Lipinski definition) is 8. The molecule has 0 radical (unpaired) electrons. The summed E-state index contributed by atoms with van der Waals surface area (Å²) in [6.07, 6.45) is 3.93. The highest BCUT2D eigenvalue weighted by Gasteiger charge is 2.83. The van der Waals surface area contributed by atoms with Crippen molar-refractivity contribution in [1.82, 2.24) is 0 Å². The summed E-state index contributed by atoms with van der Waals surface area (Å²) in [5.74, 6) is 1.01. The Morgan fingerprint density at radius 3 is 2.20 bits per heavy atom. The number of aliphatic hydroxyl groups is 4. The highest BCUT2D eigenvalue weighted by molar-refractivity contribution is 5.90. The largest absolute Gasteiger partial charge is 0.432 e. The van der Waals surface area contributed by atoms with E-state index in [0.717, 1.165) is 50.5 Å². The van der Waals surface area contributed by atoms with Crippen LogP contribution in [0.1, 0.15) is 113 Å². The molecule has 6 aliphatic rings. The van der Waals surface area contributed by atoms with Crippen LogP contribution >= 0.6 is 0 Å². The fraction of sp³-hybridized carbons (Fsp3) is 0.889. The number of carbonyl (C=O) groups excluding carboxylic acids is 2. The molecule has 1 heterocycles. The van der Waals surface area contributed by atoms with Gasteiger partial charge in [0, 0.05) is 6.42 Å². The van der Waals surface area contributed by atoms with E-state index in [0.29, 0.717) is 30.6 Å². The van der Waals surface area contributed by atoms with E-state index in [1.165, 1.54) is 6.42 Å². The molecule has 0 bridgehead atoms. The first-order valence-electron chi connectivity index (χ1n) is 17.2. The highest BCUT2D eigenvalue weighted by Crippen LogP contribution is 2.89. The van der Waals surface area contributed by atoms with Gasteiger partial charge in [0.1, 0.15) is 18.3 Å². The van der Waals surface area contributed by atoms with Crippen LogP contribution in [-0.2, 0) is 19.1 Å². The second-order valence-corrected chi connectivity index (χ2v) is 16.9. The fourth-order valence-corrected chi connectivity index (χ4v) is 12.5. The molecule has 0 amide bonds. The summed E-state index contributed by atoms with van der Waals surface area (Å²) in [4.78, 5) is 26.8. The lowest BCUT2D eigenvalue weighted by molar-refractivity contribution is -0.292. The molecule has 6 rings (SSSR count). The van der Waals surface area contributed by atoms with E-state index < -0.39 is 48.2 Å². The number of rotatable bonds is 6. The van der Waals surface area contributed by atoms with Gasteiger partial charge < -0.3 is 29.9 Å². The van der Waals surface area contributed by atoms with Crippen LogP contribution in [0.5, 0.6) is 0 Å². The van der Waals surface area contributed by atoms with Gasteiger partial charge in [0.15, 0.2) is 5.78 Å². The predicted molar refractivity (Wildman–Crippen MR) is 164 cm³/mol. The number of aliphatic hydroxyl groups excluding tert-OH is 4. The average Bonchev–Trinajstić information content (AvgIpc) is 3.53. The summed E-state index contributed by atoms with van der Waals surface area (Å²) in [7, 11) is 0. The minimum absolute atomic E-state index is 0.0224. The lowest BCUT2D eigenvalue weighted by Gasteiger charge is -2.63. The van der Waals surface area contributed by atoms with Crippen LogP contribution in [0.3, 0.4) is 0 Å². The zero-order valence-electron chi connectivity index (χ0n) is 27.8. The highest BCUT2D eigenvalue weighted by atomic mass is 16.7. The van der Waals surface area contributed by atoms with Gasteiger partial charge in [-0.05, 0) is 137 Å². The van der Waals surface area contributed by atoms with Crippen LogP contribution in [0, 0.1) is 50.7 Å². The van der Waals surface area contributed by atoms with Crippen LogP contribution in [0.25, 0.3) is 0 Å².